The summed E-state index contributed by atoms with van der Waals surface area (Å²) in [6.45, 7) is 0.541. The van der Waals surface area contributed by atoms with Crippen molar-refractivity contribution in [3.05, 3.63) is 18.2 Å². The smallest absolute Gasteiger partial charge is 0.242 e. The van der Waals surface area contributed by atoms with E-state index >= 15 is 0 Å². The standard InChI is InChI=1S/C13H22N2O4S/c1-15(8-4-3-5-9-16)20(17,18)11-6-7-13(19-2)12(14)10-11/h6-7,10,16H,3-5,8-9,14H2,1-2H3. The van der Waals surface area contributed by atoms with Gasteiger partial charge in [-0.05, 0) is 37.5 Å². The van der Waals surface area contributed by atoms with Crippen molar-refractivity contribution in [2.45, 2.75) is 24.2 Å². The Bertz CT molecular complexity index is 531. The first kappa shape index (κ1) is 16.7. The molecule has 3 N–H and O–H groups in total. The third kappa shape index (κ3) is 4.09. The van der Waals surface area contributed by atoms with Gasteiger partial charge in [-0.3, -0.25) is 0 Å². The molecule has 20 heavy (non-hydrogen) atoms. The number of hydrogen-bond acceptors (Lipinski definition) is 5. The Kier molecular flexibility index (Phi) is 6.25. The third-order valence-corrected chi connectivity index (χ3v) is 4.89. The maximum Gasteiger partial charge on any atom is 0.242 e. The average Bonchev–Trinajstić information content (AvgIpc) is 2.43. The zero-order valence-corrected chi connectivity index (χ0v) is 12.7. The van der Waals surface area contributed by atoms with E-state index in [-0.39, 0.29) is 11.5 Å². The van der Waals surface area contributed by atoms with E-state index in [4.69, 9.17) is 15.6 Å². The summed E-state index contributed by atoms with van der Waals surface area (Å²) >= 11 is 0. The number of rotatable bonds is 8. The van der Waals surface area contributed by atoms with Gasteiger partial charge in [0.15, 0.2) is 0 Å². The van der Waals surface area contributed by atoms with Gasteiger partial charge < -0.3 is 15.6 Å². The Hall–Kier alpha value is -1.31. The summed E-state index contributed by atoms with van der Waals surface area (Å²) in [6.07, 6.45) is 2.19. The summed E-state index contributed by atoms with van der Waals surface area (Å²) in [6, 6.07) is 4.43. The van der Waals surface area contributed by atoms with Crippen LogP contribution in [0.25, 0.3) is 0 Å². The molecule has 0 radical (unpaired) electrons. The first-order chi connectivity index (χ1) is 9.43. The number of sulfonamides is 1. The highest BCUT2D eigenvalue weighted by molar-refractivity contribution is 7.89. The number of unbranched alkanes of at least 4 members (excludes halogenated alkanes) is 2. The molecule has 0 heterocycles. The van der Waals surface area contributed by atoms with Crippen molar-refractivity contribution in [1.82, 2.24) is 4.31 Å². The molecule has 1 rings (SSSR count). The van der Waals surface area contributed by atoms with Crippen molar-refractivity contribution >= 4 is 15.7 Å². The first-order valence-electron chi connectivity index (χ1n) is 6.44. The average molecular weight is 302 g/mol. The Morgan fingerprint density at radius 3 is 2.55 bits per heavy atom. The lowest BCUT2D eigenvalue weighted by Gasteiger charge is -2.17. The van der Waals surface area contributed by atoms with Gasteiger partial charge in [0.2, 0.25) is 10.0 Å². The van der Waals surface area contributed by atoms with Gasteiger partial charge in [0.1, 0.15) is 5.75 Å². The van der Waals surface area contributed by atoms with Crippen molar-refractivity contribution in [3.8, 4) is 5.75 Å². The van der Waals surface area contributed by atoms with E-state index in [1.165, 1.54) is 30.6 Å². The van der Waals surface area contributed by atoms with Crippen LogP contribution in [-0.2, 0) is 10.0 Å². The van der Waals surface area contributed by atoms with Gasteiger partial charge in [-0.1, -0.05) is 0 Å². The van der Waals surface area contributed by atoms with E-state index < -0.39 is 10.0 Å². The van der Waals surface area contributed by atoms with Gasteiger partial charge in [0.05, 0.1) is 17.7 Å². The molecule has 114 valence electrons. The molecule has 0 saturated heterocycles. The summed E-state index contributed by atoms with van der Waals surface area (Å²) in [5, 5.41) is 8.69. The van der Waals surface area contributed by atoms with E-state index in [9.17, 15) is 8.42 Å². The van der Waals surface area contributed by atoms with Crippen molar-refractivity contribution in [1.29, 1.82) is 0 Å². The molecular formula is C13H22N2O4S. The molecule has 0 unspecified atom stereocenters. The van der Waals surface area contributed by atoms with Gasteiger partial charge in [-0.25, -0.2) is 12.7 Å². The fraction of sp³-hybridized carbons (Fsp3) is 0.538. The van der Waals surface area contributed by atoms with Crippen molar-refractivity contribution < 1.29 is 18.3 Å². The molecule has 0 aromatic heterocycles. The number of hydrogen-bond donors (Lipinski definition) is 2. The minimum Gasteiger partial charge on any atom is -0.495 e. The van der Waals surface area contributed by atoms with Crippen LogP contribution in [0, 0.1) is 0 Å². The quantitative estimate of drug-likeness (QED) is 0.553. The van der Waals surface area contributed by atoms with Crippen molar-refractivity contribution in [2.24, 2.45) is 0 Å². The summed E-state index contributed by atoms with van der Waals surface area (Å²) in [5.41, 5.74) is 6.03. The molecule has 0 saturated carbocycles. The van der Waals surface area contributed by atoms with Gasteiger partial charge >= 0.3 is 0 Å². The lowest BCUT2D eigenvalue weighted by atomic mass is 10.2. The van der Waals surface area contributed by atoms with Crippen LogP contribution >= 0.6 is 0 Å². The van der Waals surface area contributed by atoms with Crippen LogP contribution in [0.5, 0.6) is 5.75 Å². The lowest BCUT2D eigenvalue weighted by Crippen LogP contribution is -2.28. The second kappa shape index (κ2) is 7.47. The summed E-state index contributed by atoms with van der Waals surface area (Å²) < 4.78 is 31.0. The molecule has 0 fully saturated rings. The number of aliphatic hydroxyl groups excluding tert-OH is 1. The van der Waals surface area contributed by atoms with Gasteiger partial charge in [0.25, 0.3) is 0 Å². The molecule has 7 heteroatoms. The molecule has 0 aliphatic carbocycles. The Morgan fingerprint density at radius 1 is 1.30 bits per heavy atom. The summed E-state index contributed by atoms with van der Waals surface area (Å²) in [7, 11) is -0.523. The normalized spacial score (nSPS) is 11.8. The number of nitrogens with zero attached hydrogens (tertiary/aromatic N) is 1. The largest absolute Gasteiger partial charge is 0.495 e. The highest BCUT2D eigenvalue weighted by Crippen LogP contribution is 2.25. The van der Waals surface area contributed by atoms with E-state index in [2.05, 4.69) is 0 Å². The van der Waals surface area contributed by atoms with Crippen LogP contribution in [0.4, 0.5) is 5.69 Å². The van der Waals surface area contributed by atoms with Crippen LogP contribution in [-0.4, -0.2) is 45.1 Å². The molecule has 6 nitrogen and oxygen atoms in total. The van der Waals surface area contributed by atoms with Crippen LogP contribution in [0.3, 0.4) is 0 Å². The SMILES string of the molecule is COc1ccc(S(=O)(=O)N(C)CCCCCO)cc1N. The topological polar surface area (TPSA) is 92.9 Å². The molecule has 0 bridgehead atoms. The number of nitrogens with two attached hydrogens (primary N) is 1. The maximum absolute atomic E-state index is 12.3. The molecule has 0 atom stereocenters. The fourth-order valence-corrected chi connectivity index (χ4v) is 3.04. The van der Waals surface area contributed by atoms with Crippen LogP contribution in [0.2, 0.25) is 0 Å². The van der Waals surface area contributed by atoms with Gasteiger partial charge in [0, 0.05) is 20.2 Å². The Balaban J connectivity index is 2.79. The lowest BCUT2D eigenvalue weighted by molar-refractivity contribution is 0.281. The molecular weight excluding hydrogens is 280 g/mol. The molecule has 0 aliphatic heterocycles. The second-order valence-electron chi connectivity index (χ2n) is 4.51. The number of methoxy groups -OCH3 is 1. The van der Waals surface area contributed by atoms with Crippen molar-refractivity contribution in [2.75, 3.05) is 33.0 Å². The molecule has 1 aromatic rings. The monoisotopic (exact) mass is 302 g/mol. The minimum absolute atomic E-state index is 0.130. The van der Waals surface area contributed by atoms with E-state index in [0.29, 0.717) is 30.8 Å². The zero-order chi connectivity index (χ0) is 15.2. The summed E-state index contributed by atoms with van der Waals surface area (Å²) in [5.74, 6) is 0.453. The fourth-order valence-electron chi connectivity index (χ4n) is 1.80. The number of anilines is 1. The van der Waals surface area contributed by atoms with E-state index in [0.717, 1.165) is 6.42 Å². The number of ether oxygens (including phenoxy) is 1. The highest BCUT2D eigenvalue weighted by Gasteiger charge is 2.21. The van der Waals surface area contributed by atoms with E-state index in [1.54, 1.807) is 6.07 Å². The van der Waals surface area contributed by atoms with Crippen molar-refractivity contribution in [3.63, 3.8) is 0 Å². The van der Waals surface area contributed by atoms with Crippen LogP contribution in [0.1, 0.15) is 19.3 Å². The maximum atomic E-state index is 12.3. The first-order valence-corrected chi connectivity index (χ1v) is 7.88. The van der Waals surface area contributed by atoms with Crippen LogP contribution in [0.15, 0.2) is 23.1 Å². The van der Waals surface area contributed by atoms with E-state index in [1.807, 2.05) is 0 Å². The number of benzene rings is 1. The predicted octanol–water partition coefficient (Wildman–Crippen LogP) is 1.06. The molecule has 0 amide bonds. The number of nitrogen functional groups attached to an aromatic ring is 1. The number of aliphatic hydroxyl groups is 1. The summed E-state index contributed by atoms with van der Waals surface area (Å²) in [4.78, 5) is 0.153. The minimum atomic E-state index is -3.54. The Morgan fingerprint density at radius 2 is 2.00 bits per heavy atom. The highest BCUT2D eigenvalue weighted by atomic mass is 32.2. The predicted molar refractivity (Wildman–Crippen MR) is 78.2 cm³/mol. The zero-order valence-electron chi connectivity index (χ0n) is 11.9. The van der Waals surface area contributed by atoms with Gasteiger partial charge in [-0.2, -0.15) is 0 Å². The van der Waals surface area contributed by atoms with Crippen LogP contribution < -0.4 is 10.5 Å². The second-order valence-corrected chi connectivity index (χ2v) is 6.56. The van der Waals surface area contributed by atoms with Gasteiger partial charge in [-0.15, -0.1) is 0 Å². The molecule has 0 spiro atoms. The Labute approximate surface area is 120 Å². The third-order valence-electron chi connectivity index (χ3n) is 3.04. The molecule has 1 aromatic carbocycles. The molecule has 0 aliphatic rings.